The molecule has 0 atom stereocenters. The maximum absolute atomic E-state index is 12.0. The van der Waals surface area contributed by atoms with E-state index < -0.39 is 17.6 Å². The lowest BCUT2D eigenvalue weighted by Gasteiger charge is -2.24. The number of carbonyl (C=O) groups excluding carboxylic acids is 2. The highest BCUT2D eigenvalue weighted by molar-refractivity contribution is 6.10. The van der Waals surface area contributed by atoms with Gasteiger partial charge < -0.3 is 4.74 Å². The van der Waals surface area contributed by atoms with Gasteiger partial charge in [0, 0.05) is 12.6 Å². The molecule has 0 spiro atoms. The number of hydrogen-bond donors (Lipinski definition) is 0. The average Bonchev–Trinajstić information content (AvgIpc) is 2.13. The summed E-state index contributed by atoms with van der Waals surface area (Å²) in [5.41, 5.74) is 0.0662. The molecule has 0 aliphatic heterocycles. The van der Waals surface area contributed by atoms with Gasteiger partial charge in [-0.3, -0.25) is 4.79 Å². The molecule has 0 fully saturated rings. The number of carbonyl (C=O) groups is 2. The molecule has 5 nitrogen and oxygen atoms in total. The lowest BCUT2D eigenvalue weighted by Crippen LogP contribution is -2.40. The molecule has 0 saturated heterocycles. The Balaban J connectivity index is 3.04. The van der Waals surface area contributed by atoms with Gasteiger partial charge in [0.2, 0.25) is 5.91 Å². The topological polar surface area (TPSA) is 59.5 Å². The molecule has 0 aromatic carbocycles. The summed E-state index contributed by atoms with van der Waals surface area (Å²) in [7, 11) is 0. The van der Waals surface area contributed by atoms with Crippen LogP contribution in [0.15, 0.2) is 18.2 Å². The zero-order valence-electron chi connectivity index (χ0n) is 11.4. The average molecular weight is 250 g/mol. The maximum Gasteiger partial charge on any atom is 0.422 e. The molecule has 5 heteroatoms. The Kier molecular flexibility index (Phi) is 4.06. The minimum absolute atomic E-state index is 0.275. The Morgan fingerprint density at radius 3 is 2.33 bits per heavy atom. The standard InChI is InChI=1S/C13H18N2O3/c1-9-7-6-8-11(14-9)15(10(2)16)12(17)18-13(3,4)5/h6-8H,1-5H3. The highest BCUT2D eigenvalue weighted by atomic mass is 16.6. The van der Waals surface area contributed by atoms with Gasteiger partial charge in [0.1, 0.15) is 11.4 Å². The van der Waals surface area contributed by atoms with E-state index in [1.807, 2.05) is 0 Å². The summed E-state index contributed by atoms with van der Waals surface area (Å²) in [6, 6.07) is 5.12. The number of anilines is 1. The molecule has 1 aromatic rings. The minimum atomic E-state index is -0.715. The van der Waals surface area contributed by atoms with Crippen LogP contribution in [0.3, 0.4) is 0 Å². The van der Waals surface area contributed by atoms with Crippen molar-refractivity contribution < 1.29 is 14.3 Å². The van der Waals surface area contributed by atoms with Crippen molar-refractivity contribution in [2.75, 3.05) is 4.90 Å². The molecule has 98 valence electrons. The first-order chi connectivity index (χ1) is 8.20. The van der Waals surface area contributed by atoms with Crippen LogP contribution < -0.4 is 4.90 Å². The minimum Gasteiger partial charge on any atom is -0.443 e. The summed E-state index contributed by atoms with van der Waals surface area (Å²) >= 11 is 0. The molecule has 1 rings (SSSR count). The molecule has 2 amide bonds. The third kappa shape index (κ3) is 3.84. The van der Waals surface area contributed by atoms with Crippen LogP contribution in [0.25, 0.3) is 0 Å². The number of nitrogens with zero attached hydrogens (tertiary/aromatic N) is 2. The molecule has 1 aromatic heterocycles. The van der Waals surface area contributed by atoms with Crippen LogP contribution >= 0.6 is 0 Å². The predicted octanol–water partition coefficient (Wildman–Crippen LogP) is 2.68. The van der Waals surface area contributed by atoms with Crippen LogP contribution in [0.5, 0.6) is 0 Å². The number of aryl methyl sites for hydroxylation is 1. The summed E-state index contributed by atoms with van der Waals surface area (Å²) in [4.78, 5) is 28.6. The fourth-order valence-electron chi connectivity index (χ4n) is 1.34. The van der Waals surface area contributed by atoms with Gasteiger partial charge >= 0.3 is 6.09 Å². The van der Waals surface area contributed by atoms with Gasteiger partial charge in [0.05, 0.1) is 0 Å². The van der Waals surface area contributed by atoms with Crippen molar-refractivity contribution in [3.8, 4) is 0 Å². The molecule has 1 heterocycles. The quantitative estimate of drug-likeness (QED) is 0.768. The second kappa shape index (κ2) is 5.16. The normalized spacial score (nSPS) is 10.9. The van der Waals surface area contributed by atoms with E-state index in [4.69, 9.17) is 4.74 Å². The zero-order valence-corrected chi connectivity index (χ0v) is 11.4. The Morgan fingerprint density at radius 2 is 1.89 bits per heavy atom. The number of ether oxygens (including phenoxy) is 1. The smallest absolute Gasteiger partial charge is 0.422 e. The van der Waals surface area contributed by atoms with Crippen molar-refractivity contribution in [1.82, 2.24) is 4.98 Å². The van der Waals surface area contributed by atoms with E-state index in [1.165, 1.54) is 6.92 Å². The van der Waals surface area contributed by atoms with E-state index in [-0.39, 0.29) is 5.82 Å². The SMILES string of the molecule is CC(=O)N(C(=O)OC(C)(C)C)c1cccc(C)n1. The Labute approximate surface area is 107 Å². The van der Waals surface area contributed by atoms with Crippen LogP contribution in [0, 0.1) is 6.92 Å². The lowest BCUT2D eigenvalue weighted by molar-refractivity contribution is -0.116. The van der Waals surface area contributed by atoms with Crippen molar-refractivity contribution in [2.45, 2.75) is 40.2 Å². The monoisotopic (exact) mass is 250 g/mol. The van der Waals surface area contributed by atoms with Crippen molar-refractivity contribution >= 4 is 17.8 Å². The first kappa shape index (κ1) is 14.2. The largest absolute Gasteiger partial charge is 0.443 e. The second-order valence-corrected chi connectivity index (χ2v) is 4.97. The van der Waals surface area contributed by atoms with Crippen LogP contribution in [0.2, 0.25) is 0 Å². The van der Waals surface area contributed by atoms with Crippen molar-refractivity contribution in [3.05, 3.63) is 23.9 Å². The number of pyridine rings is 1. The van der Waals surface area contributed by atoms with E-state index in [0.717, 1.165) is 10.6 Å². The van der Waals surface area contributed by atoms with Crippen LogP contribution in [0.1, 0.15) is 33.4 Å². The Morgan fingerprint density at radius 1 is 1.28 bits per heavy atom. The van der Waals surface area contributed by atoms with E-state index in [1.54, 1.807) is 45.9 Å². The number of rotatable bonds is 1. The predicted molar refractivity (Wildman–Crippen MR) is 68.4 cm³/mol. The summed E-state index contributed by atoms with van der Waals surface area (Å²) in [6.45, 7) is 8.32. The van der Waals surface area contributed by atoms with Gasteiger partial charge in [-0.05, 0) is 39.8 Å². The molecular formula is C13H18N2O3. The zero-order chi connectivity index (χ0) is 13.9. The molecule has 0 bridgehead atoms. The van der Waals surface area contributed by atoms with Gasteiger partial charge in [0.25, 0.3) is 0 Å². The molecule has 0 radical (unpaired) electrons. The van der Waals surface area contributed by atoms with Gasteiger partial charge in [-0.25, -0.2) is 9.78 Å². The third-order valence-corrected chi connectivity index (χ3v) is 1.99. The van der Waals surface area contributed by atoms with E-state index in [0.29, 0.717) is 0 Å². The molecule has 0 saturated carbocycles. The van der Waals surface area contributed by atoms with E-state index in [9.17, 15) is 9.59 Å². The van der Waals surface area contributed by atoms with Crippen molar-refractivity contribution in [1.29, 1.82) is 0 Å². The van der Waals surface area contributed by atoms with Crippen LogP contribution in [-0.4, -0.2) is 22.6 Å². The summed E-state index contributed by atoms with van der Waals surface area (Å²) < 4.78 is 5.18. The molecular weight excluding hydrogens is 232 g/mol. The van der Waals surface area contributed by atoms with Gasteiger partial charge in [-0.2, -0.15) is 4.90 Å². The molecule has 18 heavy (non-hydrogen) atoms. The van der Waals surface area contributed by atoms with Gasteiger partial charge in [-0.1, -0.05) is 6.07 Å². The maximum atomic E-state index is 12.0. The number of amides is 2. The van der Waals surface area contributed by atoms with Crippen molar-refractivity contribution in [2.24, 2.45) is 0 Å². The first-order valence-electron chi connectivity index (χ1n) is 5.68. The molecule has 0 aliphatic carbocycles. The summed E-state index contributed by atoms with van der Waals surface area (Å²) in [6.07, 6.45) is -0.715. The van der Waals surface area contributed by atoms with Crippen molar-refractivity contribution in [3.63, 3.8) is 0 Å². The summed E-state index contributed by atoms with van der Waals surface area (Å²) in [5.74, 6) is -0.154. The highest BCUT2D eigenvalue weighted by Gasteiger charge is 2.27. The Hall–Kier alpha value is -1.91. The van der Waals surface area contributed by atoms with Gasteiger partial charge in [-0.15, -0.1) is 0 Å². The van der Waals surface area contributed by atoms with Crippen LogP contribution in [-0.2, 0) is 9.53 Å². The number of aromatic nitrogens is 1. The fourth-order valence-corrected chi connectivity index (χ4v) is 1.34. The molecule has 0 N–H and O–H groups in total. The number of imide groups is 1. The summed E-state index contributed by atoms with van der Waals surface area (Å²) in [5, 5.41) is 0. The van der Waals surface area contributed by atoms with Gasteiger partial charge in [0.15, 0.2) is 0 Å². The highest BCUT2D eigenvalue weighted by Crippen LogP contribution is 2.16. The lowest BCUT2D eigenvalue weighted by atomic mass is 10.2. The number of hydrogen-bond acceptors (Lipinski definition) is 4. The van der Waals surface area contributed by atoms with Crippen LogP contribution in [0.4, 0.5) is 10.6 Å². The molecule has 0 unspecified atom stereocenters. The van der Waals surface area contributed by atoms with E-state index in [2.05, 4.69) is 4.98 Å². The third-order valence-electron chi connectivity index (χ3n) is 1.99. The fraction of sp³-hybridized carbons (Fsp3) is 0.462. The van der Waals surface area contributed by atoms with E-state index >= 15 is 0 Å². The second-order valence-electron chi connectivity index (χ2n) is 4.97. The first-order valence-corrected chi connectivity index (χ1v) is 5.68. The molecule has 0 aliphatic rings. The Bertz CT molecular complexity index is 464.